The van der Waals surface area contributed by atoms with E-state index in [0.717, 1.165) is 24.0 Å². The van der Waals surface area contributed by atoms with E-state index in [1.54, 1.807) is 0 Å². The SMILES string of the molecule is CC(C)CCN(C[C@H](O)CCc1ccccc1)C(=O)N(N(Cc1ccccc1)Cc1ccccc1)C(C)(C)C. The Kier molecular flexibility index (Phi) is 11.6. The van der Waals surface area contributed by atoms with Crippen LogP contribution in [-0.2, 0) is 19.5 Å². The Labute approximate surface area is 236 Å². The van der Waals surface area contributed by atoms with Gasteiger partial charge in [0.1, 0.15) is 0 Å². The van der Waals surface area contributed by atoms with Crippen LogP contribution in [0.5, 0.6) is 0 Å². The molecule has 3 aromatic rings. The van der Waals surface area contributed by atoms with Crippen LogP contribution in [-0.4, -0.2) is 50.8 Å². The van der Waals surface area contributed by atoms with Crippen LogP contribution in [0.1, 0.15) is 64.2 Å². The van der Waals surface area contributed by atoms with Crippen molar-refractivity contribution in [1.82, 2.24) is 14.9 Å². The number of hydrogen-bond donors (Lipinski definition) is 1. The minimum absolute atomic E-state index is 0.0613. The van der Waals surface area contributed by atoms with E-state index in [4.69, 9.17) is 0 Å². The van der Waals surface area contributed by atoms with Gasteiger partial charge in [0, 0.05) is 26.2 Å². The minimum atomic E-state index is -0.597. The molecule has 0 bridgehead atoms. The van der Waals surface area contributed by atoms with E-state index in [9.17, 15) is 9.90 Å². The van der Waals surface area contributed by atoms with Gasteiger partial charge in [-0.25, -0.2) is 9.80 Å². The van der Waals surface area contributed by atoms with Crippen LogP contribution in [0.15, 0.2) is 91.0 Å². The highest BCUT2D eigenvalue weighted by Crippen LogP contribution is 2.24. The Hall–Kier alpha value is -3.15. The summed E-state index contributed by atoms with van der Waals surface area (Å²) in [6.07, 6.45) is 1.68. The van der Waals surface area contributed by atoms with Crippen molar-refractivity contribution >= 4 is 6.03 Å². The zero-order valence-corrected chi connectivity index (χ0v) is 24.5. The molecule has 0 spiro atoms. The van der Waals surface area contributed by atoms with E-state index >= 15 is 0 Å². The predicted octanol–water partition coefficient (Wildman–Crippen LogP) is 7.17. The third kappa shape index (κ3) is 10.2. The fourth-order valence-corrected chi connectivity index (χ4v) is 4.75. The first-order chi connectivity index (χ1) is 18.6. The lowest BCUT2D eigenvalue weighted by Gasteiger charge is -2.46. The van der Waals surface area contributed by atoms with E-state index in [1.165, 1.54) is 5.56 Å². The number of aryl methyl sites for hydroxylation is 1. The second-order valence-corrected chi connectivity index (χ2v) is 11.9. The molecule has 5 heteroatoms. The fraction of sp³-hybridized carbons (Fsp3) is 0.441. The van der Waals surface area contributed by atoms with E-state index in [1.807, 2.05) is 64.5 Å². The van der Waals surface area contributed by atoms with Crippen LogP contribution in [0.4, 0.5) is 4.79 Å². The zero-order valence-electron chi connectivity index (χ0n) is 24.5. The maximum absolute atomic E-state index is 14.4. The minimum Gasteiger partial charge on any atom is -0.391 e. The molecular weight excluding hydrogens is 482 g/mol. The van der Waals surface area contributed by atoms with Gasteiger partial charge in [-0.3, -0.25) is 5.01 Å². The van der Waals surface area contributed by atoms with Crippen molar-refractivity contribution in [1.29, 1.82) is 0 Å². The smallest absolute Gasteiger partial charge is 0.335 e. The van der Waals surface area contributed by atoms with Gasteiger partial charge >= 0.3 is 6.03 Å². The fourth-order valence-electron chi connectivity index (χ4n) is 4.75. The molecule has 1 atom stereocenters. The summed E-state index contributed by atoms with van der Waals surface area (Å²) in [6, 6.07) is 30.8. The Morgan fingerprint density at radius 1 is 0.744 bits per heavy atom. The van der Waals surface area contributed by atoms with Gasteiger partial charge < -0.3 is 10.0 Å². The number of rotatable bonds is 13. The van der Waals surface area contributed by atoms with Crippen LogP contribution >= 0.6 is 0 Å². The Balaban J connectivity index is 1.87. The van der Waals surface area contributed by atoms with Crippen LogP contribution in [0.3, 0.4) is 0 Å². The molecule has 0 aliphatic rings. The highest BCUT2D eigenvalue weighted by Gasteiger charge is 2.36. The lowest BCUT2D eigenvalue weighted by atomic mass is 10.1. The second-order valence-electron chi connectivity index (χ2n) is 11.9. The standard InChI is InChI=1S/C34H47N3O2/c1-28(2)23-24-35(27-32(38)22-21-29-15-9-6-10-16-29)33(39)37(34(3,4)5)36(25-30-17-11-7-12-18-30)26-31-19-13-8-14-20-31/h6-20,28,32,38H,21-27H2,1-5H3/t32-/m1/s1. The monoisotopic (exact) mass is 529 g/mol. The largest absolute Gasteiger partial charge is 0.391 e. The quantitative estimate of drug-likeness (QED) is 0.239. The average Bonchev–Trinajstić information content (AvgIpc) is 2.90. The summed E-state index contributed by atoms with van der Waals surface area (Å²) in [5, 5.41) is 15.1. The maximum atomic E-state index is 14.4. The third-order valence-corrected chi connectivity index (χ3v) is 6.80. The normalized spacial score (nSPS) is 12.5. The van der Waals surface area contributed by atoms with Gasteiger partial charge in [-0.15, -0.1) is 0 Å². The molecule has 0 radical (unpaired) electrons. The highest BCUT2D eigenvalue weighted by molar-refractivity contribution is 5.75. The van der Waals surface area contributed by atoms with Crippen LogP contribution < -0.4 is 0 Å². The zero-order chi connectivity index (χ0) is 28.3. The summed E-state index contributed by atoms with van der Waals surface area (Å²) in [6.45, 7) is 12.7. The van der Waals surface area contributed by atoms with E-state index < -0.39 is 11.6 Å². The van der Waals surface area contributed by atoms with Crippen molar-refractivity contribution in [3.05, 3.63) is 108 Å². The summed E-state index contributed by atoms with van der Waals surface area (Å²) in [5.74, 6) is 0.453. The first-order valence-electron chi connectivity index (χ1n) is 14.3. The number of hydrazine groups is 1. The molecule has 0 unspecified atom stereocenters. The highest BCUT2D eigenvalue weighted by atomic mass is 16.3. The van der Waals surface area contributed by atoms with Gasteiger partial charge in [0.2, 0.25) is 0 Å². The lowest BCUT2D eigenvalue weighted by molar-refractivity contribution is -0.0752. The van der Waals surface area contributed by atoms with E-state index in [-0.39, 0.29) is 6.03 Å². The molecule has 0 fully saturated rings. The number of hydrogen-bond acceptors (Lipinski definition) is 3. The molecule has 0 aliphatic heterocycles. The average molecular weight is 530 g/mol. The van der Waals surface area contributed by atoms with Crippen molar-refractivity contribution < 1.29 is 9.90 Å². The summed E-state index contributed by atoms with van der Waals surface area (Å²) in [7, 11) is 0. The van der Waals surface area contributed by atoms with Gasteiger partial charge in [-0.1, -0.05) is 105 Å². The summed E-state index contributed by atoms with van der Waals surface area (Å²) < 4.78 is 0. The van der Waals surface area contributed by atoms with Gasteiger partial charge in [-0.05, 0) is 62.6 Å². The molecule has 0 aromatic heterocycles. The molecule has 1 N–H and O–H groups in total. The summed E-state index contributed by atoms with van der Waals surface area (Å²) in [5.41, 5.74) is 3.02. The Morgan fingerprint density at radius 2 is 1.21 bits per heavy atom. The van der Waals surface area contributed by atoms with Crippen LogP contribution in [0.25, 0.3) is 0 Å². The first kappa shape index (κ1) is 30.4. The van der Waals surface area contributed by atoms with E-state index in [2.05, 4.69) is 76.0 Å². The number of carbonyl (C=O) groups is 1. The molecule has 39 heavy (non-hydrogen) atoms. The molecule has 3 rings (SSSR count). The van der Waals surface area contributed by atoms with Crippen molar-refractivity contribution in [2.24, 2.45) is 5.92 Å². The molecule has 2 amide bonds. The number of nitrogens with zero attached hydrogens (tertiary/aromatic N) is 3. The van der Waals surface area contributed by atoms with Crippen LogP contribution in [0, 0.1) is 5.92 Å². The molecule has 210 valence electrons. The Morgan fingerprint density at radius 3 is 1.64 bits per heavy atom. The molecule has 0 saturated heterocycles. The summed E-state index contributed by atoms with van der Waals surface area (Å²) >= 11 is 0. The second kappa shape index (κ2) is 14.9. The Bertz CT molecular complexity index is 1060. The first-order valence-corrected chi connectivity index (χ1v) is 14.3. The molecule has 0 saturated carbocycles. The number of aliphatic hydroxyl groups is 1. The molecule has 5 nitrogen and oxygen atoms in total. The number of aliphatic hydroxyl groups excluding tert-OH is 1. The van der Waals surface area contributed by atoms with Crippen LogP contribution in [0.2, 0.25) is 0 Å². The van der Waals surface area contributed by atoms with Gasteiger partial charge in [0.05, 0.1) is 11.6 Å². The van der Waals surface area contributed by atoms with Crippen molar-refractivity contribution in [2.45, 2.75) is 78.6 Å². The molecule has 3 aromatic carbocycles. The van der Waals surface area contributed by atoms with E-state index in [0.29, 0.717) is 38.5 Å². The van der Waals surface area contributed by atoms with Crippen molar-refractivity contribution in [2.75, 3.05) is 13.1 Å². The maximum Gasteiger partial charge on any atom is 0.335 e. The summed E-state index contributed by atoms with van der Waals surface area (Å²) in [4.78, 5) is 16.3. The number of benzene rings is 3. The number of amides is 2. The predicted molar refractivity (Wildman–Crippen MR) is 161 cm³/mol. The molecule has 0 heterocycles. The van der Waals surface area contributed by atoms with Gasteiger partial charge in [0.15, 0.2) is 0 Å². The lowest BCUT2D eigenvalue weighted by Crippen LogP contribution is -2.60. The van der Waals surface area contributed by atoms with Crippen molar-refractivity contribution in [3.8, 4) is 0 Å². The molecular formula is C34H47N3O2. The number of urea groups is 1. The number of carbonyl (C=O) groups excluding carboxylic acids is 1. The van der Waals surface area contributed by atoms with Gasteiger partial charge in [0.25, 0.3) is 0 Å². The topological polar surface area (TPSA) is 47.0 Å². The third-order valence-electron chi connectivity index (χ3n) is 6.80. The molecule has 0 aliphatic carbocycles. The van der Waals surface area contributed by atoms with Crippen molar-refractivity contribution in [3.63, 3.8) is 0 Å². The van der Waals surface area contributed by atoms with Gasteiger partial charge in [-0.2, -0.15) is 0 Å².